The number of nitrogens with zero attached hydrogens (tertiary/aromatic N) is 1. The summed E-state index contributed by atoms with van der Waals surface area (Å²) in [5.74, 6) is 0.692. The van der Waals surface area contributed by atoms with Crippen LogP contribution < -0.4 is 10.1 Å². The van der Waals surface area contributed by atoms with Crippen molar-refractivity contribution in [3.8, 4) is 5.75 Å². The van der Waals surface area contributed by atoms with Gasteiger partial charge in [0.25, 0.3) is 0 Å². The van der Waals surface area contributed by atoms with Gasteiger partial charge < -0.3 is 15.2 Å². The summed E-state index contributed by atoms with van der Waals surface area (Å²) in [6, 6.07) is 11.4. The second kappa shape index (κ2) is 9.44. The molecular formula is C19H24N2O3S. The first-order valence-electron chi connectivity index (χ1n) is 8.24. The Balaban J connectivity index is 1.80. The highest BCUT2D eigenvalue weighted by molar-refractivity contribution is 7.81. The van der Waals surface area contributed by atoms with Crippen molar-refractivity contribution in [1.82, 2.24) is 10.3 Å². The van der Waals surface area contributed by atoms with Gasteiger partial charge in [0.15, 0.2) is 0 Å². The highest BCUT2D eigenvalue weighted by Crippen LogP contribution is 2.16. The summed E-state index contributed by atoms with van der Waals surface area (Å²) in [4.78, 5) is 15.8. The molecule has 0 aliphatic carbocycles. The van der Waals surface area contributed by atoms with Crippen molar-refractivity contribution in [3.05, 3.63) is 59.4 Å². The van der Waals surface area contributed by atoms with Crippen LogP contribution in [0.1, 0.15) is 29.8 Å². The van der Waals surface area contributed by atoms with Crippen LogP contribution in [0.3, 0.4) is 0 Å². The van der Waals surface area contributed by atoms with E-state index in [1.807, 2.05) is 36.4 Å². The summed E-state index contributed by atoms with van der Waals surface area (Å²) in [7, 11) is 1.61. The molecular weight excluding hydrogens is 336 g/mol. The molecule has 1 heterocycles. The van der Waals surface area contributed by atoms with Crippen molar-refractivity contribution in [1.29, 1.82) is 0 Å². The van der Waals surface area contributed by atoms with Gasteiger partial charge in [0.05, 0.1) is 18.0 Å². The average Bonchev–Trinajstić information content (AvgIpc) is 2.62. The molecule has 2 aromatic rings. The van der Waals surface area contributed by atoms with Crippen LogP contribution in [0.4, 0.5) is 0 Å². The molecule has 25 heavy (non-hydrogen) atoms. The Bertz CT molecular complexity index is 672. The van der Waals surface area contributed by atoms with Crippen LogP contribution in [0, 0.1) is 0 Å². The molecule has 0 saturated carbocycles. The van der Waals surface area contributed by atoms with Crippen LogP contribution >= 0.6 is 12.6 Å². The lowest BCUT2D eigenvalue weighted by molar-refractivity contribution is -0.120. The van der Waals surface area contributed by atoms with Gasteiger partial charge in [-0.1, -0.05) is 18.2 Å². The third-order valence-electron chi connectivity index (χ3n) is 3.86. The Morgan fingerprint density at radius 2 is 2.00 bits per heavy atom. The van der Waals surface area contributed by atoms with E-state index in [0.29, 0.717) is 19.4 Å². The predicted molar refractivity (Wildman–Crippen MR) is 101 cm³/mol. The largest absolute Gasteiger partial charge is 0.493 e. The number of nitrogens with one attached hydrogen (secondary N) is 1. The Morgan fingerprint density at radius 3 is 2.56 bits per heavy atom. The third-order valence-corrected chi connectivity index (χ3v) is 4.28. The van der Waals surface area contributed by atoms with Gasteiger partial charge >= 0.3 is 0 Å². The smallest absolute Gasteiger partial charge is 0.232 e. The topological polar surface area (TPSA) is 71.5 Å². The van der Waals surface area contributed by atoms with E-state index in [4.69, 9.17) is 4.74 Å². The Hall–Kier alpha value is -2.05. The van der Waals surface area contributed by atoms with Gasteiger partial charge in [-0.25, -0.2) is 0 Å². The summed E-state index contributed by atoms with van der Waals surface area (Å²) in [5, 5.41) is 11.7. The number of benzene rings is 1. The van der Waals surface area contributed by atoms with Crippen molar-refractivity contribution in [2.24, 2.45) is 0 Å². The maximum atomic E-state index is 11.5. The number of aliphatic hydroxyl groups excluding tert-OH is 1. The van der Waals surface area contributed by atoms with E-state index < -0.39 is 6.10 Å². The molecule has 1 aromatic heterocycles. The first-order chi connectivity index (χ1) is 12.0. The molecule has 0 saturated heterocycles. The summed E-state index contributed by atoms with van der Waals surface area (Å²) in [6.45, 7) is 2.24. The number of hydrogen-bond donors (Lipinski definition) is 3. The fourth-order valence-corrected chi connectivity index (χ4v) is 2.65. The van der Waals surface area contributed by atoms with Crippen LogP contribution in [-0.2, 0) is 17.6 Å². The van der Waals surface area contributed by atoms with Gasteiger partial charge in [-0.2, -0.15) is 12.6 Å². The zero-order valence-corrected chi connectivity index (χ0v) is 15.4. The van der Waals surface area contributed by atoms with Gasteiger partial charge in [0.2, 0.25) is 5.91 Å². The van der Waals surface area contributed by atoms with E-state index in [1.54, 1.807) is 20.2 Å². The second-order valence-electron chi connectivity index (χ2n) is 5.84. The fourth-order valence-electron chi connectivity index (χ4n) is 2.31. The molecule has 134 valence electrons. The molecule has 0 radical (unpaired) electrons. The van der Waals surface area contributed by atoms with Crippen molar-refractivity contribution < 1.29 is 14.6 Å². The van der Waals surface area contributed by atoms with Crippen LogP contribution in [0.2, 0.25) is 0 Å². The van der Waals surface area contributed by atoms with E-state index in [-0.39, 0.29) is 11.2 Å². The molecule has 2 N–H and O–H groups in total. The molecule has 0 fully saturated rings. The van der Waals surface area contributed by atoms with Gasteiger partial charge in [0.1, 0.15) is 5.75 Å². The average molecular weight is 360 g/mol. The quantitative estimate of drug-likeness (QED) is 0.632. The number of aliphatic hydroxyl groups is 1. The summed E-state index contributed by atoms with van der Waals surface area (Å²) in [5.41, 5.74) is 2.76. The molecule has 1 amide bonds. The first-order valence-corrected chi connectivity index (χ1v) is 8.75. The minimum atomic E-state index is -0.503. The Morgan fingerprint density at radius 1 is 1.28 bits per heavy atom. The molecule has 0 spiro atoms. The zero-order valence-electron chi connectivity index (χ0n) is 14.5. The molecule has 2 atom stereocenters. The molecule has 2 unspecified atom stereocenters. The summed E-state index contributed by atoms with van der Waals surface area (Å²) in [6.07, 6.45) is 2.45. The van der Waals surface area contributed by atoms with Gasteiger partial charge in [-0.15, -0.1) is 0 Å². The number of carbonyl (C=O) groups excluding carboxylic acids is 1. The molecule has 2 rings (SSSR count). The van der Waals surface area contributed by atoms with Crippen molar-refractivity contribution in [2.75, 3.05) is 13.7 Å². The summed E-state index contributed by atoms with van der Waals surface area (Å²) >= 11 is 4.29. The Labute approximate surface area is 153 Å². The van der Waals surface area contributed by atoms with E-state index in [9.17, 15) is 9.90 Å². The first kappa shape index (κ1) is 19.3. The molecule has 5 nitrogen and oxygen atoms in total. The SMILES string of the molecule is CNC(=O)C(S)Cc1ccc(OCCc2ccc(C(C)O)cn2)cc1. The number of rotatable bonds is 8. The maximum Gasteiger partial charge on any atom is 0.232 e. The monoisotopic (exact) mass is 360 g/mol. The van der Waals surface area contributed by atoms with Crippen LogP contribution in [-0.4, -0.2) is 34.9 Å². The molecule has 0 aliphatic heterocycles. The molecule has 0 bridgehead atoms. The van der Waals surface area contributed by atoms with Crippen molar-refractivity contribution in [3.63, 3.8) is 0 Å². The number of pyridine rings is 1. The van der Waals surface area contributed by atoms with Crippen LogP contribution in [0.5, 0.6) is 5.75 Å². The second-order valence-corrected chi connectivity index (χ2v) is 6.46. The zero-order chi connectivity index (χ0) is 18.2. The Kier molecular flexibility index (Phi) is 7.28. The lowest BCUT2D eigenvalue weighted by Crippen LogP contribution is -2.29. The van der Waals surface area contributed by atoms with Crippen LogP contribution in [0.25, 0.3) is 0 Å². The van der Waals surface area contributed by atoms with E-state index in [1.165, 1.54) is 0 Å². The van der Waals surface area contributed by atoms with Crippen molar-refractivity contribution >= 4 is 18.5 Å². The van der Waals surface area contributed by atoms with E-state index >= 15 is 0 Å². The molecule has 0 aliphatic rings. The van der Waals surface area contributed by atoms with Crippen LogP contribution in [0.15, 0.2) is 42.6 Å². The number of carbonyl (C=O) groups is 1. The predicted octanol–water partition coefficient (Wildman–Crippen LogP) is 2.34. The third kappa shape index (κ3) is 6.07. The van der Waals surface area contributed by atoms with Gasteiger partial charge in [0, 0.05) is 25.4 Å². The fraction of sp³-hybridized carbons (Fsp3) is 0.368. The number of ether oxygens (including phenoxy) is 1. The van der Waals surface area contributed by atoms with Gasteiger partial charge in [-0.3, -0.25) is 9.78 Å². The highest BCUT2D eigenvalue weighted by atomic mass is 32.1. The number of thiol groups is 1. The molecule has 6 heteroatoms. The molecule has 1 aromatic carbocycles. The van der Waals surface area contributed by atoms with E-state index in [2.05, 4.69) is 22.9 Å². The highest BCUT2D eigenvalue weighted by Gasteiger charge is 2.12. The maximum absolute atomic E-state index is 11.5. The lowest BCUT2D eigenvalue weighted by Gasteiger charge is -2.10. The lowest BCUT2D eigenvalue weighted by atomic mass is 10.1. The minimum absolute atomic E-state index is 0.0854. The number of hydrogen-bond acceptors (Lipinski definition) is 5. The van der Waals surface area contributed by atoms with E-state index in [0.717, 1.165) is 22.6 Å². The number of aromatic nitrogens is 1. The normalized spacial score (nSPS) is 13.1. The number of amides is 1. The van der Waals surface area contributed by atoms with Crippen molar-refractivity contribution in [2.45, 2.75) is 31.1 Å². The van der Waals surface area contributed by atoms with Gasteiger partial charge in [-0.05, 0) is 42.7 Å². The summed E-state index contributed by atoms with van der Waals surface area (Å²) < 4.78 is 5.73. The minimum Gasteiger partial charge on any atom is -0.493 e. The standard InChI is InChI=1S/C19H24N2O3S/c1-13(22)15-5-6-16(21-12-15)9-10-24-17-7-3-14(4-8-17)11-18(25)19(23)20-2/h3-8,12-13,18,22,25H,9-11H2,1-2H3,(H,20,23).